The molecular weight excluding hydrogens is 1120 g/mol. The van der Waals surface area contributed by atoms with Crippen LogP contribution >= 0.6 is 51.0 Å². The van der Waals surface area contributed by atoms with Crippen molar-refractivity contribution >= 4 is 104 Å². The van der Waals surface area contributed by atoms with Gasteiger partial charge in [0.05, 0.1) is 23.6 Å². The van der Waals surface area contributed by atoms with Crippen LogP contribution in [0.4, 0.5) is 10.1 Å². The van der Waals surface area contributed by atoms with Crippen LogP contribution in [0.5, 0.6) is 0 Å². The molecule has 7 N–H and O–H groups in total. The van der Waals surface area contributed by atoms with Crippen molar-refractivity contribution in [1.29, 1.82) is 0 Å². The fourth-order valence-electron chi connectivity index (χ4n) is 11.6. The lowest BCUT2D eigenvalue weighted by molar-refractivity contribution is -0.231. The summed E-state index contributed by atoms with van der Waals surface area (Å²) in [4.78, 5) is 123. The number of Topliss-reactive ketones (excluding diaryl/α,β-unsaturated/α-hetero) is 1. The minimum atomic E-state index is -5.14. The van der Waals surface area contributed by atoms with Gasteiger partial charge in [-0.2, -0.15) is 0 Å². The number of benzene rings is 1. The number of aliphatic carboxylic acids is 1. The van der Waals surface area contributed by atoms with E-state index in [0.717, 1.165) is 9.78 Å². The van der Waals surface area contributed by atoms with Crippen molar-refractivity contribution in [2.45, 2.75) is 101 Å². The van der Waals surface area contributed by atoms with E-state index in [1.807, 2.05) is 0 Å². The minimum absolute atomic E-state index is 0.0130. The molecule has 2 aliphatic heterocycles. The summed E-state index contributed by atoms with van der Waals surface area (Å²) >= 11 is 7.28. The second kappa shape index (κ2) is 20.2. The predicted molar refractivity (Wildman–Crippen MR) is 258 cm³/mol. The number of nitrogens with zero attached hydrogens (tertiary/aromatic N) is 1. The van der Waals surface area contributed by atoms with Crippen LogP contribution in [0, 0.1) is 22.7 Å². The van der Waals surface area contributed by atoms with Gasteiger partial charge in [0.1, 0.15) is 21.6 Å². The highest BCUT2D eigenvalue weighted by molar-refractivity contribution is 9.14. The lowest BCUT2D eigenvalue weighted by Gasteiger charge is -2.62. The molecule has 3 heterocycles. The van der Waals surface area contributed by atoms with E-state index >= 15 is 4.39 Å². The number of anilines is 1. The summed E-state index contributed by atoms with van der Waals surface area (Å²) in [5.74, 6) is -7.23. The Bertz CT molecular complexity index is 2780. The number of ketones is 2. The van der Waals surface area contributed by atoms with Crippen molar-refractivity contribution in [3.8, 4) is 0 Å². The van der Waals surface area contributed by atoms with Crippen LogP contribution in [0.1, 0.15) is 80.4 Å². The molecule has 2 aromatic rings. The Morgan fingerprint density at radius 3 is 2.44 bits per heavy atom. The molecule has 1 saturated heterocycles. The van der Waals surface area contributed by atoms with Gasteiger partial charge < -0.3 is 45.4 Å². The first-order chi connectivity index (χ1) is 33.8. The third-order valence-corrected chi connectivity index (χ3v) is 18.6. The fourth-order valence-corrected chi connectivity index (χ4v) is 13.7. The van der Waals surface area contributed by atoms with Crippen LogP contribution in [-0.4, -0.2) is 121 Å². The number of alkyl halides is 1. The molecule has 20 nitrogen and oxygen atoms in total. The summed E-state index contributed by atoms with van der Waals surface area (Å²) in [5, 5.41) is 28.8. The molecule has 386 valence electrons. The van der Waals surface area contributed by atoms with Crippen LogP contribution < -0.4 is 16.0 Å². The molecular formula is C47H50Br2FN4O16PS. The quantitative estimate of drug-likeness (QED) is 0.0808. The number of allylic oxidation sites excluding steroid dienone is 4. The molecule has 4 aliphatic carbocycles. The number of imide groups is 1. The van der Waals surface area contributed by atoms with Gasteiger partial charge in [0.25, 0.3) is 11.8 Å². The normalized spacial score (nSPS) is 31.1. The fraction of sp³-hybridized carbons (Fsp3) is 0.489. The highest BCUT2D eigenvalue weighted by atomic mass is 79.9. The van der Waals surface area contributed by atoms with Gasteiger partial charge in [-0.05, 0) is 119 Å². The number of carbonyl (C=O) groups excluding carboxylic acids is 7. The Balaban J connectivity index is 0.928. The Morgan fingerprint density at radius 1 is 1.03 bits per heavy atom. The summed E-state index contributed by atoms with van der Waals surface area (Å²) in [6, 6.07) is 8.93. The van der Waals surface area contributed by atoms with Crippen molar-refractivity contribution in [2.24, 2.45) is 22.7 Å². The number of fused-ring (bicyclic) bond motifs is 7. The largest absolute Gasteiger partial charge is 0.481 e. The maximum absolute atomic E-state index is 17.9. The first kappa shape index (κ1) is 53.7. The molecule has 5 amide bonds. The van der Waals surface area contributed by atoms with Crippen LogP contribution in [-0.2, 0) is 63.3 Å². The van der Waals surface area contributed by atoms with Gasteiger partial charge in [0.15, 0.2) is 29.1 Å². The van der Waals surface area contributed by atoms with E-state index in [9.17, 15) is 62.9 Å². The molecule has 25 heteroatoms. The second-order valence-corrected chi connectivity index (χ2v) is 23.2. The average molecular weight is 1170 g/mol. The zero-order valence-electron chi connectivity index (χ0n) is 38.6. The van der Waals surface area contributed by atoms with E-state index in [2.05, 4.69) is 47.8 Å². The van der Waals surface area contributed by atoms with Gasteiger partial charge in [-0.1, -0.05) is 30.7 Å². The molecule has 1 aromatic carbocycles. The number of hydrogen-bond acceptors (Lipinski definition) is 14. The maximum Gasteiger partial charge on any atom is 0.470 e. The smallest absolute Gasteiger partial charge is 0.470 e. The first-order valence-electron chi connectivity index (χ1n) is 22.9. The van der Waals surface area contributed by atoms with E-state index in [-0.39, 0.29) is 53.4 Å². The number of rotatable bonds is 18. The van der Waals surface area contributed by atoms with E-state index in [1.54, 1.807) is 50.2 Å². The van der Waals surface area contributed by atoms with Crippen molar-refractivity contribution in [3.05, 3.63) is 84.5 Å². The number of amides is 5. The number of thiophene rings is 1. The number of carbonyl (C=O) groups is 8. The van der Waals surface area contributed by atoms with Crippen molar-refractivity contribution in [3.63, 3.8) is 0 Å². The van der Waals surface area contributed by atoms with E-state index in [1.165, 1.54) is 29.6 Å². The van der Waals surface area contributed by atoms with Gasteiger partial charge in [0, 0.05) is 53.1 Å². The molecule has 6 aliphatic rings. The minimum Gasteiger partial charge on any atom is -0.481 e. The van der Waals surface area contributed by atoms with Gasteiger partial charge in [-0.3, -0.25) is 47.8 Å². The molecule has 0 spiro atoms. The summed E-state index contributed by atoms with van der Waals surface area (Å²) < 4.78 is 47.8. The van der Waals surface area contributed by atoms with Crippen molar-refractivity contribution in [2.75, 3.05) is 25.0 Å². The van der Waals surface area contributed by atoms with Crippen LogP contribution in [0.3, 0.4) is 0 Å². The Labute approximate surface area is 431 Å². The van der Waals surface area contributed by atoms with Gasteiger partial charge in [-0.25, -0.2) is 8.96 Å². The van der Waals surface area contributed by atoms with Gasteiger partial charge in [-0.15, -0.1) is 11.3 Å². The number of hydrogen-bond donors (Lipinski definition) is 7. The number of phosphoric acid groups is 1. The number of phosphoric ester groups is 1. The molecule has 1 aromatic heterocycles. The number of carboxylic acid groups (broad SMARTS) is 1. The lowest BCUT2D eigenvalue weighted by atomic mass is 9.44. The zero-order chi connectivity index (χ0) is 52.3. The highest BCUT2D eigenvalue weighted by Gasteiger charge is 2.79. The molecule has 10 atom stereocenters. The number of carboxylic acids is 1. The summed E-state index contributed by atoms with van der Waals surface area (Å²) in [5.41, 5.74) is -5.17. The van der Waals surface area contributed by atoms with Crippen molar-refractivity contribution in [1.82, 2.24) is 15.5 Å². The van der Waals surface area contributed by atoms with Gasteiger partial charge in [0.2, 0.25) is 17.7 Å². The lowest BCUT2D eigenvalue weighted by Crippen LogP contribution is -2.69. The molecule has 4 fully saturated rings. The number of aliphatic hydroxyl groups is 1. The highest BCUT2D eigenvalue weighted by Crippen LogP contribution is 2.72. The third kappa shape index (κ3) is 9.79. The molecule has 0 bridgehead atoms. The second-order valence-electron chi connectivity index (χ2n) is 19.1. The van der Waals surface area contributed by atoms with Crippen LogP contribution in [0.15, 0.2) is 69.2 Å². The summed E-state index contributed by atoms with van der Waals surface area (Å²) in [6.45, 7) is 1.48. The number of nitrogens with one attached hydrogen (secondary N) is 3. The van der Waals surface area contributed by atoms with Crippen LogP contribution in [0.25, 0.3) is 0 Å². The van der Waals surface area contributed by atoms with E-state index in [4.69, 9.17) is 14.0 Å². The van der Waals surface area contributed by atoms with E-state index in [0.29, 0.717) is 34.5 Å². The molecule has 0 radical (unpaired) electrons. The third-order valence-electron chi connectivity index (χ3n) is 15.0. The maximum atomic E-state index is 17.9. The SMILES string of the molecule is C[C@]12C=CC(=O)C=C1CC[C@H]1[C@@H]3C[C@H]4O[C@@H](c5ccc(Cc6cccc(NC(=O)[C@H](CCC(=O)O)NC(=O)CNC(=O)CCN7C(=O)C(Br)=C(Br)C7=O)c6)s5)O[C@@]4(C(=O)COP(=O)(O)O)[C@@]3(C)C[C@H](O)[C@@]12F. The molecule has 72 heavy (non-hydrogen) atoms. The molecule has 8 rings (SSSR count). The number of halogens is 3. The zero-order valence-corrected chi connectivity index (χ0v) is 43.4. The Hall–Kier alpha value is -4.62. The van der Waals surface area contributed by atoms with Gasteiger partial charge >= 0.3 is 13.8 Å². The number of aliphatic hydroxyl groups excluding tert-OH is 1. The topological polar surface area (TPSA) is 302 Å². The Morgan fingerprint density at radius 2 is 1.75 bits per heavy atom. The standard InChI is InChI=1S/C47H50Br2FN4O16PS/c1-44-14-12-26(55)18-24(44)6-8-28-29-19-34-47(33(57)22-68-71(65,66)67,45(29,2)20-32(56)46(28,44)50)70-43(69-34)31-10-7-27(72-31)17-23-4-3-5-25(16-23)52-40(62)30(9-11-37(60)61)53-36(59)21-51-35(58)13-15-54-41(63)38(48)39(49)42(54)64/h3-5,7,10,12,14,16,18,28-30,32,34,43,56H,6,8-9,11,13,15,17,19-22H2,1-2H3,(H,51,58)(H,52,62)(H,53,59)(H,60,61)(H2,65,66,67)/t28-,29-,30-,32-,34+,43+,44-,45-,46-,47+/m0/s1. The predicted octanol–water partition coefficient (Wildman–Crippen LogP) is 4.32. The van der Waals surface area contributed by atoms with Crippen molar-refractivity contribution < 1.29 is 81.3 Å². The molecule has 0 unspecified atom stereocenters. The molecule has 3 saturated carbocycles. The first-order valence-corrected chi connectivity index (χ1v) is 26.8. The van der Waals surface area contributed by atoms with E-state index < -0.39 is 127 Å². The summed E-state index contributed by atoms with van der Waals surface area (Å²) in [7, 11) is -5.14. The van der Waals surface area contributed by atoms with Crippen LogP contribution in [0.2, 0.25) is 0 Å². The summed E-state index contributed by atoms with van der Waals surface area (Å²) in [6.07, 6.45) is 0.104. The Kier molecular flexibility index (Phi) is 15.1. The number of ether oxygens (including phenoxy) is 2. The average Bonchev–Trinajstić information content (AvgIpc) is 4.05. The monoisotopic (exact) mass is 1170 g/mol.